The molecule has 1 saturated heterocycles. The van der Waals surface area contributed by atoms with E-state index in [0.717, 1.165) is 12.5 Å². The molecule has 1 heterocycles. The molecule has 2 rings (SSSR count). The van der Waals surface area contributed by atoms with Crippen molar-refractivity contribution >= 4 is 31.9 Å². The quantitative estimate of drug-likeness (QED) is 0.816. The molecule has 2 atom stereocenters. The van der Waals surface area contributed by atoms with Crippen molar-refractivity contribution in [2.75, 3.05) is 13.2 Å². The van der Waals surface area contributed by atoms with E-state index in [9.17, 15) is 13.2 Å². The van der Waals surface area contributed by atoms with Crippen LogP contribution in [0.15, 0.2) is 27.6 Å². The minimum absolute atomic E-state index is 0.0612. The van der Waals surface area contributed by atoms with Crippen molar-refractivity contribution in [3.8, 4) is 0 Å². The average molecular weight is 378 g/mol. The molecule has 6 nitrogen and oxygen atoms in total. The Bertz CT molecular complexity index is 640. The molecule has 1 aliphatic heterocycles. The summed E-state index contributed by atoms with van der Waals surface area (Å²) in [6, 6.07) is 3.67. The van der Waals surface area contributed by atoms with Gasteiger partial charge in [0.05, 0.1) is 17.1 Å². The topological polar surface area (TPSA) is 92.7 Å². The Labute approximate surface area is 131 Å². The molecule has 0 amide bonds. The largest absolute Gasteiger partial charge is 0.478 e. The highest BCUT2D eigenvalue weighted by atomic mass is 79.9. The highest BCUT2D eigenvalue weighted by Gasteiger charge is 2.27. The van der Waals surface area contributed by atoms with Gasteiger partial charge in [-0.05, 0) is 47.5 Å². The SMILES string of the molecule is CC(NS(=O)(=O)c1ccc(Br)c(C(=O)O)c1)C1CCOC1. The fraction of sp³-hybridized carbons (Fsp3) is 0.462. The van der Waals surface area contributed by atoms with Crippen molar-refractivity contribution in [2.45, 2.75) is 24.3 Å². The third-order valence-electron chi connectivity index (χ3n) is 3.49. The monoisotopic (exact) mass is 377 g/mol. The van der Waals surface area contributed by atoms with Gasteiger partial charge in [-0.1, -0.05) is 0 Å². The summed E-state index contributed by atoms with van der Waals surface area (Å²) in [5, 5.41) is 9.05. The van der Waals surface area contributed by atoms with E-state index in [0.29, 0.717) is 17.7 Å². The molecule has 1 fully saturated rings. The first-order valence-corrected chi connectivity index (χ1v) is 8.72. The number of carboxylic acids is 1. The van der Waals surface area contributed by atoms with Gasteiger partial charge in [-0.3, -0.25) is 0 Å². The number of ether oxygens (including phenoxy) is 1. The first-order valence-electron chi connectivity index (χ1n) is 6.44. The number of halogens is 1. The second-order valence-electron chi connectivity index (χ2n) is 4.98. The minimum Gasteiger partial charge on any atom is -0.478 e. The van der Waals surface area contributed by atoms with Gasteiger partial charge in [0.1, 0.15) is 0 Å². The first kappa shape index (κ1) is 16.4. The number of hydrogen-bond donors (Lipinski definition) is 2. The van der Waals surface area contributed by atoms with Crippen molar-refractivity contribution in [1.29, 1.82) is 0 Å². The molecule has 0 aliphatic carbocycles. The molecule has 2 unspecified atom stereocenters. The summed E-state index contributed by atoms with van der Waals surface area (Å²) in [6.45, 7) is 2.95. The van der Waals surface area contributed by atoms with Crippen LogP contribution < -0.4 is 4.72 Å². The molecule has 1 aromatic carbocycles. The Balaban J connectivity index is 2.23. The van der Waals surface area contributed by atoms with Crippen LogP contribution >= 0.6 is 15.9 Å². The van der Waals surface area contributed by atoms with Crippen LogP contribution in [0.2, 0.25) is 0 Å². The van der Waals surface area contributed by atoms with Gasteiger partial charge in [-0.15, -0.1) is 0 Å². The number of nitrogens with one attached hydrogen (secondary N) is 1. The van der Waals surface area contributed by atoms with Crippen molar-refractivity contribution in [3.63, 3.8) is 0 Å². The Hall–Kier alpha value is -0.960. The third kappa shape index (κ3) is 3.82. The summed E-state index contributed by atoms with van der Waals surface area (Å²) in [7, 11) is -3.76. The molecule has 0 saturated carbocycles. The van der Waals surface area contributed by atoms with E-state index in [1.165, 1.54) is 12.1 Å². The summed E-state index contributed by atoms with van der Waals surface area (Å²) in [6.07, 6.45) is 0.810. The number of benzene rings is 1. The fourth-order valence-electron chi connectivity index (χ4n) is 2.19. The second-order valence-corrected chi connectivity index (χ2v) is 7.55. The molecule has 116 valence electrons. The lowest BCUT2D eigenvalue weighted by atomic mass is 10.0. The number of rotatable bonds is 5. The number of carboxylic acid groups (broad SMARTS) is 1. The van der Waals surface area contributed by atoms with E-state index in [4.69, 9.17) is 9.84 Å². The van der Waals surface area contributed by atoms with Crippen molar-refractivity contribution in [2.24, 2.45) is 5.92 Å². The molecule has 0 bridgehead atoms. The molecule has 1 aromatic rings. The predicted molar refractivity (Wildman–Crippen MR) is 79.8 cm³/mol. The van der Waals surface area contributed by atoms with Crippen molar-refractivity contribution in [3.05, 3.63) is 28.2 Å². The van der Waals surface area contributed by atoms with Crippen LogP contribution in [0.1, 0.15) is 23.7 Å². The van der Waals surface area contributed by atoms with Crippen LogP contribution in [-0.4, -0.2) is 38.7 Å². The molecule has 2 N–H and O–H groups in total. The Morgan fingerprint density at radius 3 is 2.81 bits per heavy atom. The van der Waals surface area contributed by atoms with Gasteiger partial charge in [0.25, 0.3) is 0 Å². The van der Waals surface area contributed by atoms with Gasteiger partial charge in [-0.25, -0.2) is 17.9 Å². The molecule has 0 radical (unpaired) electrons. The number of hydrogen-bond acceptors (Lipinski definition) is 4. The maximum atomic E-state index is 12.3. The van der Waals surface area contributed by atoms with E-state index in [1.807, 2.05) is 0 Å². The molecular weight excluding hydrogens is 362 g/mol. The van der Waals surface area contributed by atoms with E-state index >= 15 is 0 Å². The van der Waals surface area contributed by atoms with E-state index in [1.54, 1.807) is 6.92 Å². The molecule has 21 heavy (non-hydrogen) atoms. The maximum Gasteiger partial charge on any atom is 0.336 e. The normalized spacial score (nSPS) is 20.4. The van der Waals surface area contributed by atoms with Crippen molar-refractivity contribution in [1.82, 2.24) is 4.72 Å². The Kier molecular flexibility index (Phi) is 5.03. The van der Waals surface area contributed by atoms with Crippen LogP contribution in [0, 0.1) is 5.92 Å². The molecule has 0 aromatic heterocycles. The lowest BCUT2D eigenvalue weighted by Gasteiger charge is -2.19. The standard InChI is InChI=1S/C13H16BrNO5S/c1-8(9-4-5-20-7-9)15-21(18,19)10-2-3-12(14)11(6-10)13(16)17/h2-3,6,8-9,15H,4-5,7H2,1H3,(H,16,17). The van der Waals surface area contributed by atoms with Gasteiger partial charge in [0.15, 0.2) is 0 Å². The number of carbonyl (C=O) groups is 1. The van der Waals surface area contributed by atoms with Gasteiger partial charge < -0.3 is 9.84 Å². The highest BCUT2D eigenvalue weighted by Crippen LogP contribution is 2.23. The molecule has 0 spiro atoms. The zero-order valence-electron chi connectivity index (χ0n) is 11.4. The molecule has 1 aliphatic rings. The van der Waals surface area contributed by atoms with Crippen molar-refractivity contribution < 1.29 is 23.1 Å². The Morgan fingerprint density at radius 1 is 1.52 bits per heavy atom. The molecular formula is C13H16BrNO5S. The van der Waals surface area contributed by atoms with Crippen LogP contribution in [0.4, 0.5) is 0 Å². The van der Waals surface area contributed by atoms with Gasteiger partial charge in [-0.2, -0.15) is 0 Å². The smallest absolute Gasteiger partial charge is 0.336 e. The maximum absolute atomic E-state index is 12.3. The minimum atomic E-state index is -3.76. The number of sulfonamides is 1. The summed E-state index contributed by atoms with van der Waals surface area (Å²) in [5.74, 6) is -1.05. The zero-order valence-corrected chi connectivity index (χ0v) is 13.8. The Morgan fingerprint density at radius 2 is 2.24 bits per heavy atom. The van der Waals surface area contributed by atoms with E-state index < -0.39 is 16.0 Å². The molecule has 8 heteroatoms. The van der Waals surface area contributed by atoms with Gasteiger partial charge in [0, 0.05) is 23.0 Å². The lowest BCUT2D eigenvalue weighted by molar-refractivity contribution is 0.0695. The zero-order chi connectivity index (χ0) is 15.6. The summed E-state index contributed by atoms with van der Waals surface area (Å²) >= 11 is 3.09. The van der Waals surface area contributed by atoms with Crippen LogP contribution in [-0.2, 0) is 14.8 Å². The highest BCUT2D eigenvalue weighted by molar-refractivity contribution is 9.10. The van der Waals surface area contributed by atoms with Crippen LogP contribution in [0.5, 0.6) is 0 Å². The summed E-state index contributed by atoms with van der Waals surface area (Å²) in [5.41, 5.74) is -0.0882. The summed E-state index contributed by atoms with van der Waals surface area (Å²) in [4.78, 5) is 11.0. The van der Waals surface area contributed by atoms with Gasteiger partial charge in [0.2, 0.25) is 10.0 Å². The van der Waals surface area contributed by atoms with Gasteiger partial charge >= 0.3 is 5.97 Å². The lowest BCUT2D eigenvalue weighted by Crippen LogP contribution is -2.38. The summed E-state index contributed by atoms with van der Waals surface area (Å²) < 4.78 is 32.8. The van der Waals surface area contributed by atoms with Crippen LogP contribution in [0.25, 0.3) is 0 Å². The number of aromatic carboxylic acids is 1. The first-order chi connectivity index (χ1) is 9.81. The van der Waals surface area contributed by atoms with Crippen LogP contribution in [0.3, 0.4) is 0 Å². The van der Waals surface area contributed by atoms with E-state index in [2.05, 4.69) is 20.7 Å². The third-order valence-corrected chi connectivity index (χ3v) is 5.74. The fourth-order valence-corrected chi connectivity index (χ4v) is 3.95. The predicted octanol–water partition coefficient (Wildman–Crippen LogP) is 1.85. The second kappa shape index (κ2) is 6.43. The van der Waals surface area contributed by atoms with E-state index in [-0.39, 0.29) is 22.4 Å². The average Bonchev–Trinajstić information content (AvgIpc) is 2.92.